The maximum absolute atomic E-state index is 12.4. The maximum Gasteiger partial charge on any atom is 0.310 e. The standard InChI is InChI=1S/C22H34O4/c1-3-5-7-9-13-17-25-21(23)19-15-11-12-16-20(19)22(24)26-18-14-10-8-6-4-2/h3-6,11-12,19-20H,7-10,13-18H2,1-2H3/b5-3+,6-4+. The summed E-state index contributed by atoms with van der Waals surface area (Å²) in [5, 5.41) is 0. The molecule has 2 atom stereocenters. The highest BCUT2D eigenvalue weighted by Gasteiger charge is 2.36. The Morgan fingerprint density at radius 1 is 0.808 bits per heavy atom. The lowest BCUT2D eigenvalue weighted by Crippen LogP contribution is -2.34. The van der Waals surface area contributed by atoms with Gasteiger partial charge in [0.05, 0.1) is 25.0 Å². The van der Waals surface area contributed by atoms with E-state index in [1.807, 2.05) is 38.2 Å². The summed E-state index contributed by atoms with van der Waals surface area (Å²) in [5.41, 5.74) is 0. The minimum Gasteiger partial charge on any atom is -0.465 e. The lowest BCUT2D eigenvalue weighted by Gasteiger charge is -2.25. The second kappa shape index (κ2) is 14.3. The molecule has 0 saturated heterocycles. The number of hydrogen-bond acceptors (Lipinski definition) is 4. The molecule has 0 N–H and O–H groups in total. The number of carbonyl (C=O) groups excluding carboxylic acids is 2. The van der Waals surface area contributed by atoms with Crippen molar-refractivity contribution in [3.8, 4) is 0 Å². The minimum atomic E-state index is -0.411. The van der Waals surface area contributed by atoms with Crippen LogP contribution in [0.25, 0.3) is 0 Å². The smallest absolute Gasteiger partial charge is 0.310 e. The van der Waals surface area contributed by atoms with Crippen LogP contribution in [0.3, 0.4) is 0 Å². The van der Waals surface area contributed by atoms with E-state index in [2.05, 4.69) is 12.2 Å². The summed E-state index contributed by atoms with van der Waals surface area (Å²) in [5.74, 6) is -1.36. The van der Waals surface area contributed by atoms with Gasteiger partial charge in [-0.05, 0) is 65.2 Å². The molecule has 0 aromatic heterocycles. The van der Waals surface area contributed by atoms with Crippen LogP contribution in [-0.2, 0) is 19.1 Å². The number of esters is 2. The Kier molecular flexibility index (Phi) is 12.2. The predicted molar refractivity (Wildman–Crippen MR) is 105 cm³/mol. The minimum absolute atomic E-state index is 0.268. The van der Waals surface area contributed by atoms with Gasteiger partial charge < -0.3 is 9.47 Å². The molecule has 146 valence electrons. The van der Waals surface area contributed by atoms with Gasteiger partial charge in [-0.1, -0.05) is 36.5 Å². The van der Waals surface area contributed by atoms with Gasteiger partial charge in [-0.2, -0.15) is 0 Å². The Hall–Kier alpha value is -1.84. The molecule has 1 aliphatic rings. The van der Waals surface area contributed by atoms with Crippen LogP contribution < -0.4 is 0 Å². The van der Waals surface area contributed by atoms with Gasteiger partial charge in [-0.15, -0.1) is 0 Å². The summed E-state index contributed by atoms with van der Waals surface area (Å²) in [6.45, 7) is 4.84. The zero-order chi connectivity index (χ0) is 19.0. The average Bonchev–Trinajstić information content (AvgIpc) is 2.67. The van der Waals surface area contributed by atoms with Crippen LogP contribution in [0.15, 0.2) is 36.5 Å². The van der Waals surface area contributed by atoms with E-state index in [0.29, 0.717) is 26.1 Å². The SMILES string of the molecule is C/C=C/CCCCOC(=O)C1CC=CCC1C(=O)OCCCC/C=C/C. The topological polar surface area (TPSA) is 52.6 Å². The van der Waals surface area contributed by atoms with Crippen molar-refractivity contribution in [2.75, 3.05) is 13.2 Å². The van der Waals surface area contributed by atoms with Crippen molar-refractivity contribution in [2.45, 2.75) is 65.2 Å². The van der Waals surface area contributed by atoms with E-state index >= 15 is 0 Å². The zero-order valence-corrected chi connectivity index (χ0v) is 16.3. The highest BCUT2D eigenvalue weighted by Crippen LogP contribution is 2.28. The maximum atomic E-state index is 12.4. The highest BCUT2D eigenvalue weighted by molar-refractivity contribution is 5.82. The van der Waals surface area contributed by atoms with E-state index in [0.717, 1.165) is 38.5 Å². The number of carbonyl (C=O) groups is 2. The first-order valence-corrected chi connectivity index (χ1v) is 9.91. The molecular formula is C22H34O4. The van der Waals surface area contributed by atoms with Gasteiger partial charge in [0.2, 0.25) is 0 Å². The molecule has 0 fully saturated rings. The summed E-state index contributed by atoms with van der Waals surface area (Å²) in [4.78, 5) is 24.7. The quantitative estimate of drug-likeness (QED) is 0.274. The molecule has 1 aliphatic carbocycles. The van der Waals surface area contributed by atoms with E-state index < -0.39 is 11.8 Å². The second-order valence-corrected chi connectivity index (χ2v) is 6.62. The third kappa shape index (κ3) is 9.02. The Morgan fingerprint density at radius 3 is 1.62 bits per heavy atom. The summed E-state index contributed by atoms with van der Waals surface area (Å²) in [6.07, 6.45) is 19.0. The first-order valence-electron chi connectivity index (χ1n) is 9.91. The molecule has 0 radical (unpaired) electrons. The van der Waals surface area contributed by atoms with Crippen LogP contribution in [0, 0.1) is 11.8 Å². The van der Waals surface area contributed by atoms with Crippen molar-refractivity contribution < 1.29 is 19.1 Å². The van der Waals surface area contributed by atoms with Crippen molar-refractivity contribution in [2.24, 2.45) is 11.8 Å². The molecule has 4 heteroatoms. The van der Waals surface area contributed by atoms with Crippen molar-refractivity contribution in [3.05, 3.63) is 36.5 Å². The number of unbranched alkanes of at least 4 members (excludes halogenated alkanes) is 4. The largest absolute Gasteiger partial charge is 0.465 e. The molecule has 0 saturated carbocycles. The Bertz CT molecular complexity index is 446. The second-order valence-electron chi connectivity index (χ2n) is 6.62. The molecule has 0 aromatic carbocycles. The number of allylic oxidation sites excluding steroid dienone is 6. The third-order valence-corrected chi connectivity index (χ3v) is 4.53. The fraction of sp³-hybridized carbons (Fsp3) is 0.636. The lowest BCUT2D eigenvalue weighted by molar-refractivity contribution is -0.161. The van der Waals surface area contributed by atoms with Gasteiger partial charge in [-0.3, -0.25) is 9.59 Å². The first-order chi connectivity index (χ1) is 12.7. The summed E-state index contributed by atoms with van der Waals surface area (Å²) < 4.78 is 10.8. The zero-order valence-electron chi connectivity index (χ0n) is 16.3. The predicted octanol–water partition coefficient (Wildman–Crippen LogP) is 5.15. The normalized spacial score (nSPS) is 19.9. The first kappa shape index (κ1) is 22.2. The number of hydrogen-bond donors (Lipinski definition) is 0. The average molecular weight is 363 g/mol. The van der Waals surface area contributed by atoms with Crippen LogP contribution in [0.1, 0.15) is 65.2 Å². The number of ether oxygens (including phenoxy) is 2. The Labute approximate surface area is 158 Å². The molecule has 0 bridgehead atoms. The fourth-order valence-corrected chi connectivity index (χ4v) is 2.96. The molecule has 4 nitrogen and oxygen atoms in total. The van der Waals surface area contributed by atoms with Gasteiger partial charge in [0.1, 0.15) is 0 Å². The Morgan fingerprint density at radius 2 is 1.23 bits per heavy atom. The molecule has 0 spiro atoms. The fourth-order valence-electron chi connectivity index (χ4n) is 2.96. The van der Waals surface area contributed by atoms with E-state index in [4.69, 9.17) is 9.47 Å². The van der Waals surface area contributed by atoms with Crippen molar-refractivity contribution in [1.82, 2.24) is 0 Å². The van der Waals surface area contributed by atoms with Gasteiger partial charge in [0.15, 0.2) is 0 Å². The molecule has 26 heavy (non-hydrogen) atoms. The molecule has 0 aromatic rings. The lowest BCUT2D eigenvalue weighted by atomic mass is 9.83. The van der Waals surface area contributed by atoms with Gasteiger partial charge in [0, 0.05) is 0 Å². The van der Waals surface area contributed by atoms with Crippen LogP contribution in [0.2, 0.25) is 0 Å². The van der Waals surface area contributed by atoms with E-state index in [-0.39, 0.29) is 11.9 Å². The Balaban J connectivity index is 2.34. The molecule has 2 unspecified atom stereocenters. The van der Waals surface area contributed by atoms with Crippen molar-refractivity contribution >= 4 is 11.9 Å². The van der Waals surface area contributed by atoms with Crippen LogP contribution in [-0.4, -0.2) is 25.2 Å². The summed E-state index contributed by atoms with van der Waals surface area (Å²) >= 11 is 0. The molecule has 0 amide bonds. The third-order valence-electron chi connectivity index (χ3n) is 4.53. The molecule has 0 heterocycles. The van der Waals surface area contributed by atoms with E-state index in [1.165, 1.54) is 0 Å². The summed E-state index contributed by atoms with van der Waals surface area (Å²) in [6, 6.07) is 0. The van der Waals surface area contributed by atoms with Gasteiger partial charge in [-0.25, -0.2) is 0 Å². The van der Waals surface area contributed by atoms with Crippen LogP contribution in [0.4, 0.5) is 0 Å². The van der Waals surface area contributed by atoms with Gasteiger partial charge in [0.25, 0.3) is 0 Å². The molecule has 1 rings (SSSR count). The molecular weight excluding hydrogens is 328 g/mol. The van der Waals surface area contributed by atoms with E-state index in [1.54, 1.807) is 0 Å². The summed E-state index contributed by atoms with van der Waals surface area (Å²) in [7, 11) is 0. The number of rotatable bonds is 12. The van der Waals surface area contributed by atoms with E-state index in [9.17, 15) is 9.59 Å². The van der Waals surface area contributed by atoms with Crippen LogP contribution in [0.5, 0.6) is 0 Å². The molecule has 0 aliphatic heterocycles. The van der Waals surface area contributed by atoms with Gasteiger partial charge >= 0.3 is 11.9 Å². The van der Waals surface area contributed by atoms with Crippen LogP contribution >= 0.6 is 0 Å². The highest BCUT2D eigenvalue weighted by atomic mass is 16.5. The van der Waals surface area contributed by atoms with Crippen molar-refractivity contribution in [3.63, 3.8) is 0 Å². The van der Waals surface area contributed by atoms with Crippen molar-refractivity contribution in [1.29, 1.82) is 0 Å². The monoisotopic (exact) mass is 362 g/mol.